The predicted octanol–water partition coefficient (Wildman–Crippen LogP) is 8.13. The summed E-state index contributed by atoms with van der Waals surface area (Å²) < 4.78 is 19.8. The van der Waals surface area contributed by atoms with Crippen molar-refractivity contribution in [1.29, 1.82) is 0 Å². The highest BCUT2D eigenvalue weighted by Crippen LogP contribution is 2.66. The summed E-state index contributed by atoms with van der Waals surface area (Å²) in [6.45, 7) is 0. The minimum atomic E-state index is -1.68. The third-order valence-corrected chi connectivity index (χ3v) is 12.2. The first-order valence-electron chi connectivity index (χ1n) is 18.6. The number of phenolic OH excluding ortho intramolecular Hbond substituents is 1. The van der Waals surface area contributed by atoms with E-state index in [1.165, 1.54) is 42.3 Å². The Hall–Kier alpha value is -6.46. The van der Waals surface area contributed by atoms with Crippen molar-refractivity contribution in [3.05, 3.63) is 155 Å². The lowest BCUT2D eigenvalue weighted by molar-refractivity contribution is -0.138. The number of amides is 4. The number of hydrogen-bond acceptors (Lipinski definition) is 8. The molecule has 3 fully saturated rings. The van der Waals surface area contributed by atoms with Gasteiger partial charge < -0.3 is 15.2 Å². The number of carbonyl (C=O) groups is 4. The van der Waals surface area contributed by atoms with Crippen LogP contribution in [0.15, 0.2) is 133 Å². The van der Waals surface area contributed by atoms with E-state index in [-0.39, 0.29) is 35.8 Å². The first-order chi connectivity index (χ1) is 27.6. The van der Waals surface area contributed by atoms with Crippen LogP contribution in [0.2, 0.25) is 5.02 Å². The van der Waals surface area contributed by atoms with Gasteiger partial charge in [-0.25, -0.2) is 4.39 Å². The summed E-state index contributed by atoms with van der Waals surface area (Å²) in [6, 6.07) is 33.5. The number of hydrogen-bond donors (Lipinski definition) is 3. The molecule has 0 unspecified atom stereocenters. The molecule has 5 aromatic carbocycles. The molecule has 5 aromatic rings. The van der Waals surface area contributed by atoms with E-state index in [9.17, 15) is 23.9 Å². The van der Waals surface area contributed by atoms with Crippen LogP contribution in [0.25, 0.3) is 0 Å². The number of carbonyl (C=O) groups excluding carboxylic acids is 4. The molecule has 9 rings (SSSR count). The molecule has 2 heterocycles. The van der Waals surface area contributed by atoms with Crippen molar-refractivity contribution >= 4 is 58.0 Å². The van der Waals surface area contributed by atoms with Crippen LogP contribution in [-0.2, 0) is 24.6 Å². The van der Waals surface area contributed by atoms with Gasteiger partial charge in [-0.1, -0.05) is 59.6 Å². The molecule has 2 aliphatic heterocycles. The van der Waals surface area contributed by atoms with E-state index in [2.05, 4.69) is 10.7 Å². The van der Waals surface area contributed by atoms with Gasteiger partial charge in [-0.15, -0.1) is 0 Å². The summed E-state index contributed by atoms with van der Waals surface area (Å²) in [5.74, 6) is -6.68. The van der Waals surface area contributed by atoms with Crippen molar-refractivity contribution in [2.24, 2.45) is 23.7 Å². The van der Waals surface area contributed by atoms with E-state index in [0.29, 0.717) is 27.5 Å². The van der Waals surface area contributed by atoms with Crippen molar-refractivity contribution in [1.82, 2.24) is 5.01 Å². The monoisotopic (exact) mass is 782 g/mol. The summed E-state index contributed by atoms with van der Waals surface area (Å²) in [6.07, 6.45) is 2.14. The summed E-state index contributed by atoms with van der Waals surface area (Å²) in [5, 5.41) is 16.4. The van der Waals surface area contributed by atoms with E-state index >= 15 is 4.79 Å². The van der Waals surface area contributed by atoms with Crippen LogP contribution < -0.4 is 20.4 Å². The number of allylic oxidation sites excluding steroid dienone is 2. The molecule has 57 heavy (non-hydrogen) atoms. The highest BCUT2D eigenvalue weighted by atomic mass is 35.5. The Balaban J connectivity index is 1.17. The average molecular weight is 783 g/mol. The number of hydrazine groups is 1. The number of benzene rings is 5. The van der Waals surface area contributed by atoms with Gasteiger partial charge in [0.25, 0.3) is 11.8 Å². The number of nitrogens with one attached hydrogen (secondary N) is 2. The van der Waals surface area contributed by atoms with Gasteiger partial charge in [-0.2, -0.15) is 5.01 Å². The van der Waals surface area contributed by atoms with Crippen molar-refractivity contribution < 1.29 is 33.4 Å². The number of anilines is 4. The number of ether oxygens (including phenoxy) is 1. The number of fused-ring (bicyclic) bond motifs is 4. The zero-order valence-corrected chi connectivity index (χ0v) is 31.3. The molecule has 6 atom stereocenters. The van der Waals surface area contributed by atoms with Crippen LogP contribution in [0.4, 0.5) is 27.1 Å². The van der Waals surface area contributed by atoms with Crippen molar-refractivity contribution in [2.45, 2.75) is 24.2 Å². The SMILES string of the molecule is COc1cccc(O)c1[C@H]1C2=CC[C@@H]3C(=O)N(c4ccc(Nc5ccccc5)cc4)C(=O)[C@@H]3[C@@H]2C[C@H]2C(=O)N(Nc3ccc(F)cc3)C(=O)[C@@]12c1ccc(Cl)cc1. The lowest BCUT2D eigenvalue weighted by Crippen LogP contribution is -2.53. The van der Waals surface area contributed by atoms with Crippen LogP contribution in [-0.4, -0.2) is 40.9 Å². The summed E-state index contributed by atoms with van der Waals surface area (Å²) in [7, 11) is 1.46. The van der Waals surface area contributed by atoms with E-state index in [1.54, 1.807) is 48.5 Å². The number of rotatable bonds is 8. The largest absolute Gasteiger partial charge is 0.508 e. The molecule has 0 bridgehead atoms. The average Bonchev–Trinajstić information content (AvgIpc) is 3.60. The third-order valence-electron chi connectivity index (χ3n) is 12.0. The molecule has 0 radical (unpaired) electrons. The van der Waals surface area contributed by atoms with Gasteiger partial charge in [0.1, 0.15) is 17.3 Å². The molecule has 4 aliphatic rings. The highest BCUT2D eigenvalue weighted by molar-refractivity contribution is 6.30. The molecule has 0 aromatic heterocycles. The van der Waals surface area contributed by atoms with E-state index in [0.717, 1.165) is 16.4 Å². The normalized spacial score (nSPS) is 25.1. The Morgan fingerprint density at radius 1 is 0.772 bits per heavy atom. The molecule has 3 N–H and O–H groups in total. The lowest BCUT2D eigenvalue weighted by Gasteiger charge is -2.50. The van der Waals surface area contributed by atoms with Gasteiger partial charge in [0.15, 0.2) is 0 Å². The molecule has 0 spiro atoms. The minimum Gasteiger partial charge on any atom is -0.508 e. The van der Waals surface area contributed by atoms with Crippen LogP contribution in [0.1, 0.15) is 29.9 Å². The Morgan fingerprint density at radius 2 is 1.46 bits per heavy atom. The number of phenols is 1. The fourth-order valence-electron chi connectivity index (χ4n) is 9.61. The lowest BCUT2D eigenvalue weighted by atomic mass is 9.49. The van der Waals surface area contributed by atoms with Gasteiger partial charge in [0.2, 0.25) is 11.8 Å². The Bertz CT molecular complexity index is 2460. The smallest absolute Gasteiger partial charge is 0.260 e. The second-order valence-electron chi connectivity index (χ2n) is 14.8. The number of halogens is 2. The molecular weight excluding hydrogens is 747 g/mol. The number of para-hydroxylation sites is 1. The van der Waals surface area contributed by atoms with E-state index in [1.807, 2.05) is 48.5 Å². The zero-order valence-electron chi connectivity index (χ0n) is 30.6. The van der Waals surface area contributed by atoms with E-state index < -0.39 is 58.5 Å². The maximum absolute atomic E-state index is 15.4. The zero-order chi connectivity index (χ0) is 39.6. The molecule has 2 aliphatic carbocycles. The van der Waals surface area contributed by atoms with Crippen LogP contribution in [0.5, 0.6) is 11.5 Å². The third kappa shape index (κ3) is 5.67. The number of methoxy groups -OCH3 is 1. The van der Waals surface area contributed by atoms with Crippen LogP contribution in [0.3, 0.4) is 0 Å². The summed E-state index contributed by atoms with van der Waals surface area (Å²) in [4.78, 5) is 60.5. The Labute approximate surface area is 332 Å². The van der Waals surface area contributed by atoms with E-state index in [4.69, 9.17) is 16.3 Å². The molecular formula is C45H36ClFN4O6. The molecule has 1 saturated carbocycles. The number of nitrogens with zero attached hydrogens (tertiary/aromatic N) is 2. The molecule has 12 heteroatoms. The first kappa shape index (κ1) is 36.2. The topological polar surface area (TPSA) is 128 Å². The number of aromatic hydroxyl groups is 1. The van der Waals surface area contributed by atoms with Gasteiger partial charge in [0.05, 0.1) is 41.7 Å². The minimum absolute atomic E-state index is 0.0427. The maximum atomic E-state index is 15.4. The fraction of sp³-hybridized carbons (Fsp3) is 0.200. The van der Waals surface area contributed by atoms with Crippen LogP contribution in [0, 0.1) is 29.5 Å². The quantitative estimate of drug-likeness (QED) is 0.106. The molecule has 10 nitrogen and oxygen atoms in total. The highest BCUT2D eigenvalue weighted by Gasteiger charge is 2.71. The first-order valence-corrected chi connectivity index (χ1v) is 19.0. The standard InChI is InChI=1S/C45H36ClFN4O6/c1-57-37-9-5-8-36(52)39(37)40-32-22-23-33-38(43(55)50(41(33)53)31-20-18-29(19-21-31)48-28-6-3-2-4-7-28)34(32)24-35-42(54)51(49-30-16-14-27(47)15-17-30)44(56)45(35,40)25-10-12-26(46)13-11-25/h2-22,33-35,38,40,48-49,52H,23-24H2,1H3/t33-,34+,35-,38-,40+,45+/m0/s1. The van der Waals surface area contributed by atoms with Crippen LogP contribution >= 0.6 is 11.6 Å². The second-order valence-corrected chi connectivity index (χ2v) is 15.3. The van der Waals surface area contributed by atoms with Gasteiger partial charge >= 0.3 is 0 Å². The maximum Gasteiger partial charge on any atom is 0.260 e. The summed E-state index contributed by atoms with van der Waals surface area (Å²) in [5.41, 5.74) is 5.03. The fourth-order valence-corrected chi connectivity index (χ4v) is 9.73. The molecule has 286 valence electrons. The van der Waals surface area contributed by atoms with Gasteiger partial charge in [-0.05, 0) is 109 Å². The predicted molar refractivity (Wildman–Crippen MR) is 212 cm³/mol. The molecule has 4 amide bonds. The Morgan fingerprint density at radius 3 is 2.16 bits per heavy atom. The van der Waals surface area contributed by atoms with Gasteiger partial charge in [-0.3, -0.25) is 29.5 Å². The second kappa shape index (κ2) is 13.9. The van der Waals surface area contributed by atoms with Crippen molar-refractivity contribution in [3.8, 4) is 11.5 Å². The van der Waals surface area contributed by atoms with Crippen molar-refractivity contribution in [2.75, 3.05) is 22.8 Å². The van der Waals surface area contributed by atoms with Crippen molar-refractivity contribution in [3.63, 3.8) is 0 Å². The Kier molecular flexibility index (Phi) is 8.85. The van der Waals surface area contributed by atoms with Gasteiger partial charge in [0, 0.05) is 27.9 Å². The molecule has 2 saturated heterocycles. The summed E-state index contributed by atoms with van der Waals surface area (Å²) >= 11 is 6.39. The number of imide groups is 2.